The summed E-state index contributed by atoms with van der Waals surface area (Å²) in [6.45, 7) is 0.598. The highest BCUT2D eigenvalue weighted by molar-refractivity contribution is 9.10. The number of aromatic nitrogens is 3. The Balaban J connectivity index is 1.75. The van der Waals surface area contributed by atoms with Crippen LogP contribution in [-0.2, 0) is 6.42 Å². The molecule has 100 valence electrons. The lowest BCUT2D eigenvalue weighted by molar-refractivity contribution is 0.0948. The molecule has 6 nitrogen and oxygen atoms in total. The van der Waals surface area contributed by atoms with Crippen LogP contribution in [0.15, 0.2) is 16.9 Å². The maximum atomic E-state index is 11.8. The number of hydrogen-bond donors (Lipinski definition) is 4. The molecule has 8 heteroatoms. The first-order valence-electron chi connectivity index (χ1n) is 5.99. The zero-order chi connectivity index (χ0) is 13.8. The molecule has 0 unspecified atom stereocenters. The number of imidazole rings is 1. The van der Waals surface area contributed by atoms with Crippen molar-refractivity contribution in [2.75, 3.05) is 12.3 Å². The highest BCUT2D eigenvalue weighted by Crippen LogP contribution is 2.05. The Morgan fingerprint density at radius 3 is 2.95 bits per heavy atom. The summed E-state index contributed by atoms with van der Waals surface area (Å²) >= 11 is 3.34. The van der Waals surface area contributed by atoms with Crippen LogP contribution in [0.3, 0.4) is 0 Å². The van der Waals surface area contributed by atoms with E-state index in [1.807, 2.05) is 13.9 Å². The molecule has 0 aliphatic heterocycles. The van der Waals surface area contributed by atoms with E-state index >= 15 is 0 Å². The van der Waals surface area contributed by atoms with Gasteiger partial charge in [-0.2, -0.15) is 0 Å². The molecule has 2 rings (SSSR count). The van der Waals surface area contributed by atoms with E-state index in [9.17, 15) is 4.79 Å². The van der Waals surface area contributed by atoms with E-state index < -0.39 is 0 Å². The molecule has 2 aromatic rings. The number of H-pyrrole nitrogens is 2. The molecule has 0 saturated carbocycles. The molecule has 5 N–H and O–H groups in total. The first-order chi connectivity index (χ1) is 9.06. The average Bonchev–Trinajstić information content (AvgIpc) is 2.92. The lowest BCUT2D eigenvalue weighted by Gasteiger charge is -2.02. The van der Waals surface area contributed by atoms with Gasteiger partial charge >= 0.3 is 0 Å². The summed E-state index contributed by atoms with van der Waals surface area (Å²) in [5, 5.41) is 2.86. The predicted molar refractivity (Wildman–Crippen MR) is 80.3 cm³/mol. The van der Waals surface area contributed by atoms with E-state index in [1.165, 1.54) is 0 Å². The van der Waals surface area contributed by atoms with Crippen molar-refractivity contribution in [1.82, 2.24) is 20.3 Å². The first-order valence-corrected chi connectivity index (χ1v) is 6.78. The van der Waals surface area contributed by atoms with Gasteiger partial charge < -0.3 is 21.0 Å². The van der Waals surface area contributed by atoms with Gasteiger partial charge in [0, 0.05) is 12.7 Å². The summed E-state index contributed by atoms with van der Waals surface area (Å²) in [7, 11) is 1.93. The third-order valence-corrected chi connectivity index (χ3v) is 3.57. The topological polar surface area (TPSA) is 99.6 Å². The van der Waals surface area contributed by atoms with E-state index in [1.54, 1.807) is 6.20 Å². The fourth-order valence-corrected chi connectivity index (χ4v) is 2.05. The molecule has 1 amide bonds. The number of rotatable bonds is 5. The lowest BCUT2D eigenvalue weighted by atomic mass is 10.0. The Morgan fingerprint density at radius 2 is 2.37 bits per heavy atom. The molecule has 0 bridgehead atoms. The van der Waals surface area contributed by atoms with Crippen LogP contribution in [-0.4, -0.2) is 35.3 Å². The van der Waals surface area contributed by atoms with Gasteiger partial charge in [-0.25, -0.2) is 4.98 Å². The number of amides is 1. The molecular formula is C11H15BBrN5O. The number of nitrogens with two attached hydrogens (primary N) is 1. The van der Waals surface area contributed by atoms with Crippen LogP contribution in [0.4, 0.5) is 5.95 Å². The fraction of sp³-hybridized carbons (Fsp3) is 0.273. The summed E-state index contributed by atoms with van der Waals surface area (Å²) in [4.78, 5) is 21.7. The van der Waals surface area contributed by atoms with Gasteiger partial charge in [-0.05, 0) is 34.8 Å². The summed E-state index contributed by atoms with van der Waals surface area (Å²) in [6.07, 6.45) is 3.38. The van der Waals surface area contributed by atoms with Crippen LogP contribution in [0.5, 0.6) is 0 Å². The number of carbonyl (C=O) groups excluding carboxylic acids is 1. The predicted octanol–water partition coefficient (Wildman–Crippen LogP) is -0.297. The second-order valence-electron chi connectivity index (χ2n) is 4.32. The second-order valence-corrected chi connectivity index (χ2v) is 5.11. The average molecular weight is 324 g/mol. The number of aryl methyl sites for hydroxylation is 1. The lowest BCUT2D eigenvalue weighted by Crippen LogP contribution is -2.25. The van der Waals surface area contributed by atoms with Crippen LogP contribution >= 0.6 is 15.9 Å². The molecular weight excluding hydrogens is 309 g/mol. The molecule has 0 radical (unpaired) electrons. The van der Waals surface area contributed by atoms with Crippen molar-refractivity contribution in [3.63, 3.8) is 0 Å². The maximum Gasteiger partial charge on any atom is 0.267 e. The molecule has 2 heterocycles. The second kappa shape index (κ2) is 5.96. The van der Waals surface area contributed by atoms with Crippen LogP contribution in [0, 0.1) is 0 Å². The van der Waals surface area contributed by atoms with Crippen molar-refractivity contribution in [1.29, 1.82) is 0 Å². The smallest absolute Gasteiger partial charge is 0.267 e. The van der Waals surface area contributed by atoms with E-state index in [0.717, 1.165) is 28.6 Å². The number of anilines is 1. The normalized spacial score (nSPS) is 10.6. The van der Waals surface area contributed by atoms with E-state index in [0.29, 0.717) is 18.2 Å². The van der Waals surface area contributed by atoms with E-state index in [2.05, 4.69) is 36.2 Å². The first kappa shape index (κ1) is 13.7. The molecule has 0 aromatic carbocycles. The van der Waals surface area contributed by atoms with Crippen LogP contribution in [0.1, 0.15) is 22.6 Å². The minimum atomic E-state index is -0.102. The SMILES string of the molecule is Bc1cc(C(=O)NCCCc2c[nH]c(N)n2)[nH]c1Br. The van der Waals surface area contributed by atoms with Crippen LogP contribution < -0.4 is 16.5 Å². The zero-order valence-electron chi connectivity index (χ0n) is 10.6. The van der Waals surface area contributed by atoms with Gasteiger partial charge in [-0.1, -0.05) is 5.46 Å². The number of hydrogen-bond acceptors (Lipinski definition) is 3. The van der Waals surface area contributed by atoms with Gasteiger partial charge in [0.25, 0.3) is 5.91 Å². The quantitative estimate of drug-likeness (QED) is 0.449. The van der Waals surface area contributed by atoms with Crippen LogP contribution in [0.25, 0.3) is 0 Å². The number of nitrogens with zero attached hydrogens (tertiary/aromatic N) is 1. The standard InChI is InChI=1S/C11H15BBrN5O/c12-7-4-8(18-9(7)13)10(19)15-3-1-2-6-5-16-11(14)17-6/h4-5,18H,1-3,12H2,(H,15,19)(H3,14,16,17). The summed E-state index contributed by atoms with van der Waals surface area (Å²) in [5.74, 6) is 0.320. The van der Waals surface area contributed by atoms with Gasteiger partial charge in [0.1, 0.15) is 13.5 Å². The third-order valence-electron chi connectivity index (χ3n) is 2.74. The Hall–Kier alpha value is -1.70. The third kappa shape index (κ3) is 3.63. The van der Waals surface area contributed by atoms with Gasteiger partial charge in [-0.15, -0.1) is 0 Å². The maximum absolute atomic E-state index is 11.8. The largest absolute Gasteiger partial charge is 0.369 e. The highest BCUT2D eigenvalue weighted by Gasteiger charge is 2.09. The summed E-state index contributed by atoms with van der Waals surface area (Å²) in [5.41, 5.74) is 7.96. The molecule has 0 fully saturated rings. The minimum Gasteiger partial charge on any atom is -0.369 e. The van der Waals surface area contributed by atoms with Gasteiger partial charge in [0.05, 0.1) is 10.3 Å². The number of halogens is 1. The van der Waals surface area contributed by atoms with Crippen LogP contribution in [0.2, 0.25) is 0 Å². The van der Waals surface area contributed by atoms with Crippen molar-refractivity contribution in [3.05, 3.63) is 28.3 Å². The van der Waals surface area contributed by atoms with E-state index in [-0.39, 0.29) is 5.91 Å². The molecule has 0 spiro atoms. The monoisotopic (exact) mass is 323 g/mol. The van der Waals surface area contributed by atoms with E-state index in [4.69, 9.17) is 5.73 Å². The minimum absolute atomic E-state index is 0.102. The molecule has 19 heavy (non-hydrogen) atoms. The van der Waals surface area contributed by atoms with Crippen molar-refractivity contribution < 1.29 is 4.79 Å². The zero-order valence-corrected chi connectivity index (χ0v) is 12.2. The molecule has 2 aromatic heterocycles. The Morgan fingerprint density at radius 1 is 1.58 bits per heavy atom. The molecule has 0 saturated heterocycles. The summed E-state index contributed by atoms with van der Waals surface area (Å²) in [6, 6.07) is 1.81. The van der Waals surface area contributed by atoms with Crippen molar-refractivity contribution in [3.8, 4) is 0 Å². The Bertz CT molecular complexity index is 560. The Kier molecular flexibility index (Phi) is 4.31. The fourth-order valence-electron chi connectivity index (χ4n) is 1.73. The van der Waals surface area contributed by atoms with Crippen molar-refractivity contribution in [2.24, 2.45) is 0 Å². The number of carbonyl (C=O) groups is 1. The van der Waals surface area contributed by atoms with Gasteiger partial charge in [0.15, 0.2) is 5.95 Å². The van der Waals surface area contributed by atoms with Gasteiger partial charge in [-0.3, -0.25) is 4.79 Å². The molecule has 0 atom stereocenters. The molecule has 0 aliphatic carbocycles. The number of nitrogen functional groups attached to an aromatic ring is 1. The van der Waals surface area contributed by atoms with Gasteiger partial charge in [0.2, 0.25) is 0 Å². The summed E-state index contributed by atoms with van der Waals surface area (Å²) < 4.78 is 0.838. The number of nitrogens with one attached hydrogen (secondary N) is 3. The van der Waals surface area contributed by atoms with Crippen molar-refractivity contribution >= 4 is 41.1 Å². The number of aromatic amines is 2. The van der Waals surface area contributed by atoms with Crippen molar-refractivity contribution in [2.45, 2.75) is 12.8 Å². The molecule has 0 aliphatic rings. The Labute approximate surface area is 120 Å². The highest BCUT2D eigenvalue weighted by atomic mass is 79.9.